The zero-order valence-corrected chi connectivity index (χ0v) is 12.3. The van der Waals surface area contributed by atoms with E-state index < -0.39 is 16.1 Å². The molecule has 0 aliphatic rings. The number of halogens is 1. The molecule has 5 nitrogen and oxygen atoms in total. The molecule has 0 radical (unpaired) electrons. The van der Waals surface area contributed by atoms with Gasteiger partial charge in [0.15, 0.2) is 0 Å². The first-order valence-electron chi connectivity index (χ1n) is 5.87. The molecule has 2 rings (SSSR count). The Kier molecular flexibility index (Phi) is 4.27. The quantitative estimate of drug-likeness (QED) is 0.849. The molecule has 0 aliphatic heterocycles. The standard InChI is InChI=1S/C13H14ClN3O2S/c1-9(10-3-2-6-16-8-10)17-20(18,19)13-5-4-11(15)7-12(13)14/h2-9,17H,15H2,1H3. The minimum absolute atomic E-state index is 0.00380. The number of rotatable bonds is 4. The van der Waals surface area contributed by atoms with Gasteiger partial charge in [0.2, 0.25) is 10.0 Å². The van der Waals surface area contributed by atoms with Crippen molar-refractivity contribution in [3.8, 4) is 0 Å². The van der Waals surface area contributed by atoms with Gasteiger partial charge < -0.3 is 5.73 Å². The Bertz CT molecular complexity index is 705. The highest BCUT2D eigenvalue weighted by Gasteiger charge is 2.21. The summed E-state index contributed by atoms with van der Waals surface area (Å²) in [7, 11) is -3.72. The average Bonchev–Trinajstić information content (AvgIpc) is 2.38. The maximum atomic E-state index is 12.3. The fourth-order valence-electron chi connectivity index (χ4n) is 1.73. The van der Waals surface area contributed by atoms with Crippen molar-refractivity contribution in [2.45, 2.75) is 17.9 Å². The van der Waals surface area contributed by atoms with E-state index in [1.807, 2.05) is 0 Å². The van der Waals surface area contributed by atoms with Gasteiger partial charge in [-0.1, -0.05) is 17.7 Å². The molecule has 0 aliphatic carbocycles. The van der Waals surface area contributed by atoms with Crippen LogP contribution < -0.4 is 10.5 Å². The van der Waals surface area contributed by atoms with Gasteiger partial charge in [0.1, 0.15) is 4.90 Å². The Hall–Kier alpha value is -1.63. The molecule has 2 aromatic rings. The molecule has 3 N–H and O–H groups in total. The molecule has 1 unspecified atom stereocenters. The van der Waals surface area contributed by atoms with Crippen LogP contribution in [0.3, 0.4) is 0 Å². The van der Waals surface area contributed by atoms with Crippen LogP contribution in [0.2, 0.25) is 5.02 Å². The Labute approximate surface area is 122 Å². The third kappa shape index (κ3) is 3.27. The van der Waals surface area contributed by atoms with Crippen LogP contribution in [0.5, 0.6) is 0 Å². The molecule has 0 bridgehead atoms. The molecule has 1 aromatic heterocycles. The number of benzene rings is 1. The van der Waals surface area contributed by atoms with E-state index >= 15 is 0 Å². The lowest BCUT2D eigenvalue weighted by molar-refractivity contribution is 0.566. The molecule has 20 heavy (non-hydrogen) atoms. The highest BCUT2D eigenvalue weighted by molar-refractivity contribution is 7.89. The van der Waals surface area contributed by atoms with E-state index in [0.29, 0.717) is 5.69 Å². The predicted molar refractivity (Wildman–Crippen MR) is 78.8 cm³/mol. The smallest absolute Gasteiger partial charge is 0.242 e. The number of hydrogen-bond donors (Lipinski definition) is 2. The lowest BCUT2D eigenvalue weighted by atomic mass is 10.2. The van der Waals surface area contributed by atoms with Crippen molar-refractivity contribution in [2.24, 2.45) is 0 Å². The second-order valence-electron chi connectivity index (χ2n) is 4.32. The van der Waals surface area contributed by atoms with E-state index in [2.05, 4.69) is 9.71 Å². The molecular formula is C13H14ClN3O2S. The number of sulfonamides is 1. The van der Waals surface area contributed by atoms with E-state index in [-0.39, 0.29) is 9.92 Å². The number of nitrogens with one attached hydrogen (secondary N) is 1. The van der Waals surface area contributed by atoms with Gasteiger partial charge in [0.05, 0.1) is 5.02 Å². The fraction of sp³-hybridized carbons (Fsp3) is 0.154. The largest absolute Gasteiger partial charge is 0.399 e. The van der Waals surface area contributed by atoms with Crippen molar-refractivity contribution in [3.05, 3.63) is 53.3 Å². The van der Waals surface area contributed by atoms with Crippen LogP contribution in [0.4, 0.5) is 5.69 Å². The van der Waals surface area contributed by atoms with Crippen molar-refractivity contribution in [3.63, 3.8) is 0 Å². The van der Waals surface area contributed by atoms with Crippen molar-refractivity contribution in [1.82, 2.24) is 9.71 Å². The van der Waals surface area contributed by atoms with Gasteiger partial charge in [-0.2, -0.15) is 0 Å². The SMILES string of the molecule is CC(NS(=O)(=O)c1ccc(N)cc1Cl)c1cccnc1. The number of nitrogens with two attached hydrogens (primary N) is 1. The number of anilines is 1. The number of nitrogen functional groups attached to an aromatic ring is 1. The van der Waals surface area contributed by atoms with Gasteiger partial charge in [-0.15, -0.1) is 0 Å². The maximum absolute atomic E-state index is 12.3. The lowest BCUT2D eigenvalue weighted by Crippen LogP contribution is -2.27. The second kappa shape index (κ2) is 5.78. The Balaban J connectivity index is 2.28. The van der Waals surface area contributed by atoms with Crippen LogP contribution in [-0.4, -0.2) is 13.4 Å². The molecule has 0 amide bonds. The van der Waals surface area contributed by atoms with E-state index in [1.54, 1.807) is 31.5 Å². The van der Waals surface area contributed by atoms with Crippen molar-refractivity contribution >= 4 is 27.3 Å². The first-order chi connectivity index (χ1) is 9.40. The van der Waals surface area contributed by atoms with Crippen molar-refractivity contribution < 1.29 is 8.42 Å². The molecule has 1 atom stereocenters. The summed E-state index contributed by atoms with van der Waals surface area (Å²) in [6, 6.07) is 7.42. The van der Waals surface area contributed by atoms with Crippen LogP contribution >= 0.6 is 11.6 Å². The van der Waals surface area contributed by atoms with Crippen LogP contribution in [0.15, 0.2) is 47.6 Å². The highest BCUT2D eigenvalue weighted by atomic mass is 35.5. The van der Waals surface area contributed by atoms with Gasteiger partial charge >= 0.3 is 0 Å². The predicted octanol–water partition coefficient (Wildman–Crippen LogP) is 2.36. The van der Waals surface area contributed by atoms with Crippen LogP contribution in [-0.2, 0) is 10.0 Å². The van der Waals surface area contributed by atoms with Gasteiger partial charge in [-0.25, -0.2) is 13.1 Å². The zero-order valence-electron chi connectivity index (χ0n) is 10.7. The first kappa shape index (κ1) is 14.8. The third-order valence-electron chi connectivity index (χ3n) is 2.76. The molecule has 0 saturated heterocycles. The summed E-state index contributed by atoms with van der Waals surface area (Å²) in [5.74, 6) is 0. The van der Waals surface area contributed by atoms with Crippen molar-refractivity contribution in [2.75, 3.05) is 5.73 Å². The van der Waals surface area contributed by atoms with Crippen molar-refractivity contribution in [1.29, 1.82) is 0 Å². The summed E-state index contributed by atoms with van der Waals surface area (Å²) in [5, 5.41) is 0.0934. The van der Waals surface area contributed by atoms with E-state index in [9.17, 15) is 8.42 Å². The summed E-state index contributed by atoms with van der Waals surface area (Å²) >= 11 is 5.93. The maximum Gasteiger partial charge on any atom is 0.242 e. The molecule has 7 heteroatoms. The number of hydrogen-bond acceptors (Lipinski definition) is 4. The Morgan fingerprint density at radius 1 is 1.35 bits per heavy atom. The van der Waals surface area contributed by atoms with Crippen LogP contribution in [0.25, 0.3) is 0 Å². The summed E-state index contributed by atoms with van der Waals surface area (Å²) in [5.41, 5.74) is 6.73. The van der Waals surface area contributed by atoms with E-state index in [1.165, 1.54) is 18.2 Å². The summed E-state index contributed by atoms with van der Waals surface area (Å²) in [6.45, 7) is 1.74. The highest BCUT2D eigenvalue weighted by Crippen LogP contribution is 2.25. The topological polar surface area (TPSA) is 85.1 Å². The Morgan fingerprint density at radius 2 is 2.10 bits per heavy atom. The van der Waals surface area contributed by atoms with Gasteiger partial charge in [-0.05, 0) is 36.8 Å². The average molecular weight is 312 g/mol. The summed E-state index contributed by atoms with van der Waals surface area (Å²) < 4.78 is 27.1. The molecule has 0 fully saturated rings. The Morgan fingerprint density at radius 3 is 2.70 bits per heavy atom. The lowest BCUT2D eigenvalue weighted by Gasteiger charge is -2.15. The van der Waals surface area contributed by atoms with E-state index in [0.717, 1.165) is 5.56 Å². The number of aromatic nitrogens is 1. The second-order valence-corrected chi connectivity index (χ2v) is 6.41. The molecule has 1 aromatic carbocycles. The van der Waals surface area contributed by atoms with Gasteiger partial charge in [0.25, 0.3) is 0 Å². The molecular weight excluding hydrogens is 298 g/mol. The number of pyridine rings is 1. The summed E-state index contributed by atoms with van der Waals surface area (Å²) in [4.78, 5) is 3.96. The van der Waals surface area contributed by atoms with E-state index in [4.69, 9.17) is 17.3 Å². The zero-order chi connectivity index (χ0) is 14.8. The third-order valence-corrected chi connectivity index (χ3v) is 4.79. The minimum Gasteiger partial charge on any atom is -0.399 e. The normalized spacial score (nSPS) is 13.1. The first-order valence-corrected chi connectivity index (χ1v) is 7.73. The summed E-state index contributed by atoms with van der Waals surface area (Å²) in [6.07, 6.45) is 3.24. The van der Waals surface area contributed by atoms with Gasteiger partial charge in [0, 0.05) is 24.1 Å². The molecule has 0 spiro atoms. The molecule has 0 saturated carbocycles. The van der Waals surface area contributed by atoms with Crippen LogP contribution in [0, 0.1) is 0 Å². The number of nitrogens with zero attached hydrogens (tertiary/aromatic N) is 1. The fourth-order valence-corrected chi connectivity index (χ4v) is 3.52. The molecule has 1 heterocycles. The van der Waals surface area contributed by atoms with Gasteiger partial charge in [-0.3, -0.25) is 4.98 Å². The monoisotopic (exact) mass is 311 g/mol. The molecule has 106 valence electrons. The minimum atomic E-state index is -3.72. The van der Waals surface area contributed by atoms with Crippen LogP contribution in [0.1, 0.15) is 18.5 Å².